The van der Waals surface area contributed by atoms with E-state index in [1.807, 2.05) is 19.1 Å². The minimum absolute atomic E-state index is 0.227. The maximum Gasteiger partial charge on any atom is 0.248 e. The summed E-state index contributed by atoms with van der Waals surface area (Å²) >= 11 is 5.85. The highest BCUT2D eigenvalue weighted by molar-refractivity contribution is 6.30. The zero-order valence-electron chi connectivity index (χ0n) is 13.0. The smallest absolute Gasteiger partial charge is 0.248 e. The Bertz CT molecular complexity index is 627. The molecule has 2 rings (SSSR count). The Labute approximate surface area is 139 Å². The van der Waals surface area contributed by atoms with Crippen LogP contribution in [0.1, 0.15) is 19.2 Å². The molecule has 1 aromatic carbocycles. The molecule has 0 atom stereocenters. The van der Waals surface area contributed by atoms with Gasteiger partial charge in [-0.25, -0.2) is 4.99 Å². The van der Waals surface area contributed by atoms with Crippen molar-refractivity contribution in [1.82, 2.24) is 15.5 Å². The normalized spacial score (nSPS) is 11.7. The number of hydrogen-bond acceptors (Lipinski definition) is 5. The lowest BCUT2D eigenvalue weighted by Gasteiger charge is -2.04. The lowest BCUT2D eigenvalue weighted by atomic mass is 10.2. The number of nitrogens with one attached hydrogen (secondary N) is 1. The van der Waals surface area contributed by atoms with E-state index < -0.39 is 0 Å². The molecule has 2 aromatic rings. The fourth-order valence-electron chi connectivity index (χ4n) is 1.78. The van der Waals surface area contributed by atoms with Gasteiger partial charge in [0.25, 0.3) is 0 Å². The first-order chi connectivity index (χ1) is 11.2. The van der Waals surface area contributed by atoms with E-state index in [4.69, 9.17) is 26.6 Å². The lowest BCUT2D eigenvalue weighted by molar-refractivity contribution is 0.145. The van der Waals surface area contributed by atoms with Gasteiger partial charge >= 0.3 is 0 Å². The molecule has 0 aliphatic carbocycles. The number of aromatic nitrogens is 2. The number of hydrogen-bond donors (Lipinski definition) is 2. The highest BCUT2D eigenvalue weighted by Crippen LogP contribution is 2.18. The fourth-order valence-corrected chi connectivity index (χ4v) is 1.91. The van der Waals surface area contributed by atoms with E-state index in [1.54, 1.807) is 12.1 Å². The SMILES string of the molecule is CCOCCCNC(N)=NCc1nc(-c2ccc(Cl)cc2)no1. The Balaban J connectivity index is 1.82. The van der Waals surface area contributed by atoms with E-state index in [2.05, 4.69) is 20.4 Å². The van der Waals surface area contributed by atoms with E-state index in [9.17, 15) is 0 Å². The summed E-state index contributed by atoms with van der Waals surface area (Å²) in [6, 6.07) is 7.20. The van der Waals surface area contributed by atoms with Gasteiger partial charge in [0.15, 0.2) is 5.96 Å². The summed E-state index contributed by atoms with van der Waals surface area (Å²) in [4.78, 5) is 8.43. The topological polar surface area (TPSA) is 98.6 Å². The number of ether oxygens (including phenoxy) is 1. The quantitative estimate of drug-likeness (QED) is 0.435. The van der Waals surface area contributed by atoms with E-state index in [-0.39, 0.29) is 6.54 Å². The molecule has 0 radical (unpaired) electrons. The number of nitrogens with two attached hydrogens (primary N) is 1. The molecule has 124 valence electrons. The Morgan fingerprint density at radius 3 is 2.91 bits per heavy atom. The predicted octanol–water partition coefficient (Wildman–Crippen LogP) is 2.22. The van der Waals surface area contributed by atoms with Crippen molar-refractivity contribution in [3.8, 4) is 11.4 Å². The summed E-state index contributed by atoms with van der Waals surface area (Å²) in [6.45, 7) is 4.31. The molecule has 0 unspecified atom stereocenters. The molecule has 1 heterocycles. The van der Waals surface area contributed by atoms with Crippen molar-refractivity contribution >= 4 is 17.6 Å². The highest BCUT2D eigenvalue weighted by Gasteiger charge is 2.08. The maximum absolute atomic E-state index is 5.85. The third-order valence-corrected chi connectivity index (χ3v) is 3.18. The van der Waals surface area contributed by atoms with Crippen molar-refractivity contribution in [3.63, 3.8) is 0 Å². The molecule has 0 spiro atoms. The summed E-state index contributed by atoms with van der Waals surface area (Å²) < 4.78 is 10.4. The number of nitrogens with zero attached hydrogens (tertiary/aromatic N) is 3. The molecule has 0 saturated carbocycles. The van der Waals surface area contributed by atoms with Gasteiger partial charge in [0, 0.05) is 30.3 Å². The van der Waals surface area contributed by atoms with Crippen LogP contribution in [0.15, 0.2) is 33.8 Å². The molecule has 0 saturated heterocycles. The fraction of sp³-hybridized carbons (Fsp3) is 0.400. The van der Waals surface area contributed by atoms with Crippen LogP contribution in [0.2, 0.25) is 5.02 Å². The molecule has 7 nitrogen and oxygen atoms in total. The standard InChI is InChI=1S/C15H20ClN5O2/c1-2-22-9-3-8-18-15(17)19-10-13-20-14(21-23-13)11-4-6-12(16)7-5-11/h4-7H,2-3,8-10H2,1H3,(H3,17,18,19). The largest absolute Gasteiger partial charge is 0.382 e. The zero-order chi connectivity index (χ0) is 16.5. The van der Waals surface area contributed by atoms with Crippen LogP contribution in [-0.4, -0.2) is 35.9 Å². The molecule has 0 aliphatic heterocycles. The predicted molar refractivity (Wildman–Crippen MR) is 89.2 cm³/mol. The molecule has 23 heavy (non-hydrogen) atoms. The van der Waals surface area contributed by atoms with E-state index in [0.717, 1.165) is 18.6 Å². The van der Waals surface area contributed by atoms with Gasteiger partial charge in [-0.2, -0.15) is 4.98 Å². The summed E-state index contributed by atoms with van der Waals surface area (Å²) in [5.74, 6) is 1.23. The molecule has 0 fully saturated rings. The summed E-state index contributed by atoms with van der Waals surface area (Å²) in [5, 5.41) is 7.57. The van der Waals surface area contributed by atoms with Crippen LogP contribution in [0.4, 0.5) is 0 Å². The third kappa shape index (κ3) is 5.88. The first-order valence-corrected chi connectivity index (χ1v) is 7.77. The van der Waals surface area contributed by atoms with Crippen LogP contribution in [0.5, 0.6) is 0 Å². The zero-order valence-corrected chi connectivity index (χ0v) is 13.7. The number of benzene rings is 1. The Morgan fingerprint density at radius 2 is 2.17 bits per heavy atom. The van der Waals surface area contributed by atoms with Crippen molar-refractivity contribution in [2.75, 3.05) is 19.8 Å². The van der Waals surface area contributed by atoms with Crippen molar-refractivity contribution < 1.29 is 9.26 Å². The first kappa shape index (κ1) is 17.2. The number of aliphatic imine (C=N–C) groups is 1. The number of halogens is 1. The van der Waals surface area contributed by atoms with Crippen molar-refractivity contribution in [3.05, 3.63) is 35.2 Å². The van der Waals surface area contributed by atoms with Gasteiger partial charge in [0.2, 0.25) is 11.7 Å². The Hall–Kier alpha value is -2.12. The molecule has 1 aromatic heterocycles. The van der Waals surface area contributed by atoms with Crippen LogP contribution >= 0.6 is 11.6 Å². The molecule has 0 bridgehead atoms. The van der Waals surface area contributed by atoms with Crippen LogP contribution in [0, 0.1) is 0 Å². The second-order valence-electron chi connectivity index (χ2n) is 4.70. The Morgan fingerprint density at radius 1 is 1.39 bits per heavy atom. The van der Waals surface area contributed by atoms with E-state index in [1.165, 1.54) is 0 Å². The molecule has 3 N–H and O–H groups in total. The summed E-state index contributed by atoms with van der Waals surface area (Å²) in [7, 11) is 0. The van der Waals surface area contributed by atoms with Gasteiger partial charge in [0.05, 0.1) is 0 Å². The lowest BCUT2D eigenvalue weighted by Crippen LogP contribution is -2.32. The first-order valence-electron chi connectivity index (χ1n) is 7.39. The van der Waals surface area contributed by atoms with Gasteiger partial charge in [-0.1, -0.05) is 16.8 Å². The average Bonchev–Trinajstić information content (AvgIpc) is 3.02. The van der Waals surface area contributed by atoms with E-state index in [0.29, 0.717) is 35.8 Å². The van der Waals surface area contributed by atoms with Gasteiger partial charge in [-0.05, 0) is 37.6 Å². The highest BCUT2D eigenvalue weighted by atomic mass is 35.5. The van der Waals surface area contributed by atoms with Crippen LogP contribution in [0.25, 0.3) is 11.4 Å². The van der Waals surface area contributed by atoms with Crippen molar-refractivity contribution in [2.45, 2.75) is 19.9 Å². The van der Waals surface area contributed by atoms with Crippen LogP contribution in [-0.2, 0) is 11.3 Å². The monoisotopic (exact) mass is 337 g/mol. The van der Waals surface area contributed by atoms with Crippen LogP contribution < -0.4 is 11.1 Å². The maximum atomic E-state index is 5.85. The molecule has 8 heteroatoms. The van der Waals surface area contributed by atoms with Crippen molar-refractivity contribution in [1.29, 1.82) is 0 Å². The van der Waals surface area contributed by atoms with Gasteiger partial charge in [-0.3, -0.25) is 0 Å². The molecular formula is C15H20ClN5O2. The second-order valence-corrected chi connectivity index (χ2v) is 5.13. The molecule has 0 aliphatic rings. The minimum Gasteiger partial charge on any atom is -0.382 e. The summed E-state index contributed by atoms with van der Waals surface area (Å²) in [5.41, 5.74) is 6.59. The molecular weight excluding hydrogens is 318 g/mol. The number of guanidine groups is 1. The van der Waals surface area contributed by atoms with E-state index >= 15 is 0 Å². The molecule has 0 amide bonds. The minimum atomic E-state index is 0.227. The van der Waals surface area contributed by atoms with Crippen LogP contribution in [0.3, 0.4) is 0 Å². The van der Waals surface area contributed by atoms with Gasteiger partial charge < -0.3 is 20.3 Å². The summed E-state index contributed by atoms with van der Waals surface area (Å²) in [6.07, 6.45) is 0.866. The second kappa shape index (κ2) is 9.12. The van der Waals surface area contributed by atoms with Crippen molar-refractivity contribution in [2.24, 2.45) is 10.7 Å². The van der Waals surface area contributed by atoms with Gasteiger partial charge in [-0.15, -0.1) is 0 Å². The van der Waals surface area contributed by atoms with Gasteiger partial charge in [0.1, 0.15) is 6.54 Å². The Kier molecular flexibility index (Phi) is 6.83. The number of rotatable bonds is 8. The third-order valence-electron chi connectivity index (χ3n) is 2.93. The average molecular weight is 338 g/mol.